The highest BCUT2D eigenvalue weighted by Gasteiger charge is 2.26. The third kappa shape index (κ3) is 5.05. The molecule has 1 saturated heterocycles. The van der Waals surface area contributed by atoms with Gasteiger partial charge in [-0.2, -0.15) is 0 Å². The minimum Gasteiger partial charge on any atom is -0.356 e. The van der Waals surface area contributed by atoms with Crippen molar-refractivity contribution < 1.29 is 4.79 Å². The zero-order chi connectivity index (χ0) is 21.8. The highest BCUT2D eigenvalue weighted by atomic mass is 35.5. The quantitative estimate of drug-likeness (QED) is 0.604. The second-order valence-corrected chi connectivity index (χ2v) is 8.54. The molecule has 7 nitrogen and oxygen atoms in total. The van der Waals surface area contributed by atoms with Crippen LogP contribution < -0.4 is 15.5 Å². The molecule has 1 fully saturated rings. The third-order valence-electron chi connectivity index (χ3n) is 5.48. The normalized spacial score (nSPS) is 14.8. The van der Waals surface area contributed by atoms with Gasteiger partial charge in [0.05, 0.1) is 10.9 Å². The summed E-state index contributed by atoms with van der Waals surface area (Å²) in [5.74, 6) is 1.63. The van der Waals surface area contributed by atoms with Crippen LogP contribution in [-0.4, -0.2) is 40.0 Å². The number of pyridine rings is 1. The summed E-state index contributed by atoms with van der Waals surface area (Å²) in [6.07, 6.45) is 5.22. The highest BCUT2D eigenvalue weighted by Crippen LogP contribution is 2.28. The van der Waals surface area contributed by atoms with E-state index >= 15 is 0 Å². The average molecular weight is 439 g/mol. The Morgan fingerprint density at radius 2 is 1.97 bits per heavy atom. The van der Waals surface area contributed by atoms with E-state index in [-0.39, 0.29) is 17.9 Å². The summed E-state index contributed by atoms with van der Waals surface area (Å²) < 4.78 is 0. The van der Waals surface area contributed by atoms with E-state index in [0.717, 1.165) is 48.2 Å². The summed E-state index contributed by atoms with van der Waals surface area (Å²) in [5, 5.41) is 7.89. The van der Waals surface area contributed by atoms with Crippen LogP contribution in [0.15, 0.2) is 42.7 Å². The van der Waals surface area contributed by atoms with E-state index in [1.54, 1.807) is 6.20 Å². The first kappa shape index (κ1) is 21.3. The molecule has 0 spiro atoms. The van der Waals surface area contributed by atoms with Crippen LogP contribution in [0.2, 0.25) is 5.02 Å². The molecule has 0 saturated carbocycles. The first-order valence-corrected chi connectivity index (χ1v) is 11.0. The topological polar surface area (TPSA) is 83.0 Å². The van der Waals surface area contributed by atoms with Crippen molar-refractivity contribution in [1.29, 1.82) is 0 Å². The van der Waals surface area contributed by atoms with Gasteiger partial charge in [-0.25, -0.2) is 15.0 Å². The van der Waals surface area contributed by atoms with Gasteiger partial charge in [-0.15, -0.1) is 0 Å². The summed E-state index contributed by atoms with van der Waals surface area (Å²) in [7, 11) is 0. The molecule has 3 heterocycles. The number of halogens is 1. The van der Waals surface area contributed by atoms with Crippen molar-refractivity contribution >= 4 is 40.2 Å². The van der Waals surface area contributed by atoms with Gasteiger partial charge in [0.2, 0.25) is 11.9 Å². The van der Waals surface area contributed by atoms with Gasteiger partial charge in [-0.05, 0) is 44.4 Å². The molecule has 1 aromatic carbocycles. The maximum absolute atomic E-state index is 12.3. The number of carbonyl (C=O) groups is 1. The lowest BCUT2D eigenvalue weighted by atomic mass is 9.95. The molecule has 31 heavy (non-hydrogen) atoms. The van der Waals surface area contributed by atoms with Crippen molar-refractivity contribution in [2.24, 2.45) is 5.92 Å². The fourth-order valence-electron chi connectivity index (χ4n) is 3.85. The molecule has 2 N–H and O–H groups in total. The van der Waals surface area contributed by atoms with Crippen molar-refractivity contribution in [1.82, 2.24) is 20.3 Å². The second-order valence-electron chi connectivity index (χ2n) is 8.13. The van der Waals surface area contributed by atoms with E-state index in [9.17, 15) is 4.79 Å². The van der Waals surface area contributed by atoms with Crippen molar-refractivity contribution in [2.45, 2.75) is 39.3 Å². The zero-order valence-corrected chi connectivity index (χ0v) is 18.6. The summed E-state index contributed by atoms with van der Waals surface area (Å²) in [6, 6.07) is 9.77. The maximum atomic E-state index is 12.3. The number of rotatable bonds is 6. The zero-order valence-electron chi connectivity index (χ0n) is 17.8. The fraction of sp³-hybridized carbons (Fsp3) is 0.391. The molecule has 1 aliphatic heterocycles. The lowest BCUT2D eigenvalue weighted by Gasteiger charge is -2.33. The van der Waals surface area contributed by atoms with Crippen LogP contribution in [-0.2, 0) is 11.3 Å². The molecule has 3 aromatic rings. The maximum Gasteiger partial charge on any atom is 0.223 e. The Bertz CT molecular complexity index is 1060. The molecule has 0 radical (unpaired) electrons. The number of nitrogens with one attached hydrogen (secondary N) is 2. The smallest absolute Gasteiger partial charge is 0.223 e. The van der Waals surface area contributed by atoms with Gasteiger partial charge < -0.3 is 15.5 Å². The SMILES string of the molecule is CC(C)NC(=O)C1CCN(c2nccc3nc(NCc4ccccc4Cl)ncc23)CC1. The standard InChI is InChI=1S/C23H27ClN6O/c1-15(2)28-22(31)16-8-11-30(12-9-16)21-18-14-27-23(29-20(18)7-10-25-21)26-13-17-5-3-4-6-19(17)24/h3-7,10,14-16H,8-9,11-13H2,1-2H3,(H,28,31)(H,26,27,29). The molecule has 0 bridgehead atoms. The molecule has 2 aromatic heterocycles. The number of anilines is 2. The van der Waals surface area contributed by atoms with Gasteiger partial charge in [0.25, 0.3) is 0 Å². The van der Waals surface area contributed by atoms with Crippen molar-refractivity contribution in [3.63, 3.8) is 0 Å². The molecule has 162 valence electrons. The Hall–Kier alpha value is -2.93. The van der Waals surface area contributed by atoms with Gasteiger partial charge in [0.1, 0.15) is 5.82 Å². The number of piperidine rings is 1. The van der Waals surface area contributed by atoms with Crippen LogP contribution in [0, 0.1) is 5.92 Å². The molecule has 1 aliphatic rings. The molecular formula is C23H27ClN6O. The highest BCUT2D eigenvalue weighted by molar-refractivity contribution is 6.31. The Labute approximate surface area is 187 Å². The first-order chi connectivity index (χ1) is 15.0. The second kappa shape index (κ2) is 9.47. The van der Waals surface area contributed by atoms with Gasteiger partial charge in [0, 0.05) is 49.0 Å². The largest absolute Gasteiger partial charge is 0.356 e. The minimum absolute atomic E-state index is 0.0606. The van der Waals surface area contributed by atoms with E-state index < -0.39 is 0 Å². The van der Waals surface area contributed by atoms with Crippen molar-refractivity contribution in [2.75, 3.05) is 23.3 Å². The van der Waals surface area contributed by atoms with E-state index in [1.165, 1.54) is 0 Å². The third-order valence-corrected chi connectivity index (χ3v) is 5.85. The number of benzene rings is 1. The van der Waals surface area contributed by atoms with Crippen LogP contribution >= 0.6 is 11.6 Å². The number of fused-ring (bicyclic) bond motifs is 1. The first-order valence-electron chi connectivity index (χ1n) is 10.7. The fourth-order valence-corrected chi connectivity index (χ4v) is 4.05. The number of carbonyl (C=O) groups excluding carboxylic acids is 1. The predicted octanol–water partition coefficient (Wildman–Crippen LogP) is 4.03. The summed E-state index contributed by atoms with van der Waals surface area (Å²) in [6.45, 7) is 6.11. The van der Waals surface area contributed by atoms with Crippen LogP contribution in [0.5, 0.6) is 0 Å². The summed E-state index contributed by atoms with van der Waals surface area (Å²) in [5.41, 5.74) is 1.83. The Morgan fingerprint density at radius 1 is 1.19 bits per heavy atom. The van der Waals surface area contributed by atoms with Crippen LogP contribution in [0.1, 0.15) is 32.3 Å². The summed E-state index contributed by atoms with van der Waals surface area (Å²) >= 11 is 6.23. The number of amides is 1. The van der Waals surface area contributed by atoms with Crippen molar-refractivity contribution in [3.8, 4) is 0 Å². The molecular weight excluding hydrogens is 412 g/mol. The monoisotopic (exact) mass is 438 g/mol. The van der Waals surface area contributed by atoms with E-state index in [1.807, 2.05) is 50.4 Å². The van der Waals surface area contributed by atoms with Gasteiger partial charge in [-0.3, -0.25) is 4.79 Å². The summed E-state index contributed by atoms with van der Waals surface area (Å²) in [4.78, 5) is 28.3. The molecule has 8 heteroatoms. The van der Waals surface area contributed by atoms with Gasteiger partial charge in [0.15, 0.2) is 0 Å². The number of nitrogens with zero attached hydrogens (tertiary/aromatic N) is 4. The number of hydrogen-bond donors (Lipinski definition) is 2. The average Bonchev–Trinajstić information content (AvgIpc) is 2.77. The lowest BCUT2D eigenvalue weighted by Crippen LogP contribution is -2.42. The molecule has 0 atom stereocenters. The lowest BCUT2D eigenvalue weighted by molar-refractivity contribution is -0.126. The number of aromatic nitrogens is 3. The Kier molecular flexibility index (Phi) is 6.51. The van der Waals surface area contributed by atoms with Crippen LogP contribution in [0.3, 0.4) is 0 Å². The van der Waals surface area contributed by atoms with E-state index in [4.69, 9.17) is 11.6 Å². The van der Waals surface area contributed by atoms with E-state index in [0.29, 0.717) is 17.5 Å². The van der Waals surface area contributed by atoms with Crippen LogP contribution in [0.4, 0.5) is 11.8 Å². The van der Waals surface area contributed by atoms with E-state index in [2.05, 4.69) is 30.5 Å². The van der Waals surface area contributed by atoms with Crippen molar-refractivity contribution in [3.05, 3.63) is 53.3 Å². The van der Waals surface area contributed by atoms with Gasteiger partial charge >= 0.3 is 0 Å². The molecule has 0 unspecified atom stereocenters. The molecule has 4 rings (SSSR count). The number of hydrogen-bond acceptors (Lipinski definition) is 6. The molecule has 0 aliphatic carbocycles. The van der Waals surface area contributed by atoms with Crippen LogP contribution in [0.25, 0.3) is 10.9 Å². The van der Waals surface area contributed by atoms with Gasteiger partial charge in [-0.1, -0.05) is 29.8 Å². The Morgan fingerprint density at radius 3 is 2.71 bits per heavy atom. The predicted molar refractivity (Wildman–Crippen MR) is 124 cm³/mol. The Balaban J connectivity index is 1.45. The minimum atomic E-state index is 0.0606. The molecule has 1 amide bonds.